The van der Waals surface area contributed by atoms with Crippen molar-refractivity contribution in [2.75, 3.05) is 32.7 Å². The van der Waals surface area contributed by atoms with Gasteiger partial charge in [-0.05, 0) is 35.9 Å². The first-order valence-corrected chi connectivity index (χ1v) is 8.67. The molecule has 0 aliphatic carbocycles. The first-order chi connectivity index (χ1) is 13.6. The summed E-state index contributed by atoms with van der Waals surface area (Å²) in [6, 6.07) is 11.7. The van der Waals surface area contributed by atoms with E-state index in [0.717, 1.165) is 5.56 Å². The number of nitriles is 1. The van der Waals surface area contributed by atoms with Crippen molar-refractivity contribution in [3.05, 3.63) is 53.1 Å². The minimum absolute atomic E-state index is 0.177. The van der Waals surface area contributed by atoms with Crippen molar-refractivity contribution in [1.82, 2.24) is 5.32 Å². The minimum atomic E-state index is -0.398. The van der Waals surface area contributed by atoms with Crippen LogP contribution < -0.4 is 25.8 Å². The Morgan fingerprint density at radius 3 is 2.57 bits per heavy atom. The number of amides is 1. The molecule has 1 amide bonds. The largest absolute Gasteiger partial charge is 0.493 e. The van der Waals surface area contributed by atoms with Gasteiger partial charge in [-0.25, -0.2) is 0 Å². The number of carbonyl (C=O) groups excluding carboxylic acids is 1. The fourth-order valence-corrected chi connectivity index (χ4v) is 2.59. The molecule has 2 aromatic carbocycles. The van der Waals surface area contributed by atoms with Gasteiger partial charge in [0.1, 0.15) is 0 Å². The predicted octanol–water partition coefficient (Wildman–Crippen LogP) is 1.24. The monoisotopic (exact) mass is 384 g/mol. The number of nitrogens with zero attached hydrogens (tertiary/aromatic N) is 1. The molecular weight excluding hydrogens is 360 g/mol. The van der Waals surface area contributed by atoms with Gasteiger partial charge >= 0.3 is 0 Å². The molecule has 8 nitrogen and oxygen atoms in total. The molecule has 148 valence electrons. The number of carbonyl (C=O) groups is 1. The molecule has 0 unspecified atom stereocenters. The van der Waals surface area contributed by atoms with E-state index >= 15 is 0 Å². The normalized spacial score (nSPS) is 11.2. The molecule has 0 aliphatic heterocycles. The lowest BCUT2D eigenvalue weighted by molar-refractivity contribution is 0.0951. The van der Waals surface area contributed by atoms with Crippen molar-refractivity contribution in [3.63, 3.8) is 0 Å². The Morgan fingerprint density at radius 1 is 1.21 bits per heavy atom. The van der Waals surface area contributed by atoms with Crippen molar-refractivity contribution in [2.24, 2.45) is 5.73 Å². The van der Waals surface area contributed by atoms with Crippen LogP contribution in [0.5, 0.6) is 11.5 Å². The molecule has 0 radical (unpaired) electrons. The molecule has 0 fully saturated rings. The molecule has 0 aromatic heterocycles. The summed E-state index contributed by atoms with van der Waals surface area (Å²) in [5.41, 5.74) is 7.58. The Balaban J connectivity index is 2.20. The zero-order chi connectivity index (χ0) is 20.5. The third-order valence-corrected chi connectivity index (χ3v) is 4.16. The molecule has 2 aromatic rings. The highest BCUT2D eigenvalue weighted by Gasteiger charge is 2.15. The van der Waals surface area contributed by atoms with Crippen LogP contribution in [0.1, 0.15) is 21.5 Å². The van der Waals surface area contributed by atoms with Crippen LogP contribution in [0.3, 0.4) is 0 Å². The lowest BCUT2D eigenvalue weighted by atomic mass is 10.1. The molecule has 28 heavy (non-hydrogen) atoms. The number of methoxy groups -OCH3 is 2. The second-order valence-corrected chi connectivity index (χ2v) is 6.00. The first kappa shape index (κ1) is 21.0. The summed E-state index contributed by atoms with van der Waals surface area (Å²) in [7, 11) is 3.09. The highest BCUT2D eigenvalue weighted by molar-refractivity contribution is 6.00. The van der Waals surface area contributed by atoms with Gasteiger partial charge in [-0.1, -0.05) is 6.07 Å². The number of ether oxygens (including phenoxy) is 2. The van der Waals surface area contributed by atoms with E-state index in [1.54, 1.807) is 38.5 Å². The summed E-state index contributed by atoms with van der Waals surface area (Å²) in [6.45, 7) is 0.280. The highest BCUT2D eigenvalue weighted by atomic mass is 16.5. The van der Waals surface area contributed by atoms with Gasteiger partial charge in [0.2, 0.25) is 0 Å². The van der Waals surface area contributed by atoms with E-state index in [4.69, 9.17) is 20.5 Å². The molecule has 8 heteroatoms. The van der Waals surface area contributed by atoms with Gasteiger partial charge in [0.15, 0.2) is 11.5 Å². The van der Waals surface area contributed by atoms with E-state index in [-0.39, 0.29) is 25.6 Å². The predicted molar refractivity (Wildman–Crippen MR) is 105 cm³/mol. The van der Waals surface area contributed by atoms with Gasteiger partial charge in [0.05, 0.1) is 44.1 Å². The molecule has 0 heterocycles. The van der Waals surface area contributed by atoms with Crippen LogP contribution in [0.4, 0.5) is 5.69 Å². The maximum absolute atomic E-state index is 12.7. The average Bonchev–Trinajstić information content (AvgIpc) is 2.75. The van der Waals surface area contributed by atoms with E-state index in [2.05, 4.69) is 10.6 Å². The topological polar surface area (TPSA) is 130 Å². The number of hydrogen-bond donors (Lipinski definition) is 4. The van der Waals surface area contributed by atoms with Gasteiger partial charge in [0.25, 0.3) is 5.91 Å². The van der Waals surface area contributed by atoms with Crippen molar-refractivity contribution in [3.8, 4) is 17.6 Å². The highest BCUT2D eigenvalue weighted by Crippen LogP contribution is 2.27. The smallest absolute Gasteiger partial charge is 0.253 e. The van der Waals surface area contributed by atoms with Crippen LogP contribution in [0.25, 0.3) is 0 Å². The second kappa shape index (κ2) is 10.2. The van der Waals surface area contributed by atoms with Gasteiger partial charge in [-0.3, -0.25) is 4.79 Å². The average molecular weight is 384 g/mol. The molecule has 1 atom stereocenters. The van der Waals surface area contributed by atoms with Crippen LogP contribution in [-0.2, 0) is 6.54 Å². The summed E-state index contributed by atoms with van der Waals surface area (Å²) in [5, 5.41) is 24.3. The maximum atomic E-state index is 12.7. The van der Waals surface area contributed by atoms with E-state index < -0.39 is 6.04 Å². The standard InChI is InChI=1S/C20H24N4O4/c1-27-18-6-4-14(8-19(18)28-2)11-23-20(26)16-7-13(9-21)3-5-17(16)24-15(10-22)12-25/h3-8,15,24-25H,10-12,22H2,1-2H3,(H,23,26)/t15-/m0/s1. The molecule has 5 N–H and O–H groups in total. The minimum Gasteiger partial charge on any atom is -0.493 e. The lowest BCUT2D eigenvalue weighted by Crippen LogP contribution is -2.33. The third-order valence-electron chi connectivity index (χ3n) is 4.16. The van der Waals surface area contributed by atoms with E-state index in [1.165, 1.54) is 6.07 Å². The Kier molecular flexibility index (Phi) is 7.63. The van der Waals surface area contributed by atoms with E-state index in [9.17, 15) is 9.90 Å². The van der Waals surface area contributed by atoms with Crippen molar-refractivity contribution in [1.29, 1.82) is 5.26 Å². The number of rotatable bonds is 9. The van der Waals surface area contributed by atoms with Gasteiger partial charge in [0, 0.05) is 18.8 Å². The van der Waals surface area contributed by atoms with Crippen LogP contribution >= 0.6 is 0 Å². The van der Waals surface area contributed by atoms with Crippen LogP contribution in [0.2, 0.25) is 0 Å². The Bertz CT molecular complexity index is 860. The molecule has 2 rings (SSSR count). The molecule has 0 aliphatic rings. The molecular formula is C20H24N4O4. The van der Waals surface area contributed by atoms with Crippen LogP contribution in [0.15, 0.2) is 36.4 Å². The summed E-state index contributed by atoms with van der Waals surface area (Å²) < 4.78 is 10.5. The van der Waals surface area contributed by atoms with Crippen molar-refractivity contribution < 1.29 is 19.4 Å². The summed E-state index contributed by atoms with van der Waals surface area (Å²) >= 11 is 0. The number of benzene rings is 2. The Morgan fingerprint density at radius 2 is 1.96 bits per heavy atom. The third kappa shape index (κ3) is 5.13. The van der Waals surface area contributed by atoms with Crippen LogP contribution in [0, 0.1) is 11.3 Å². The van der Waals surface area contributed by atoms with E-state index in [1.807, 2.05) is 12.1 Å². The maximum Gasteiger partial charge on any atom is 0.253 e. The molecule has 0 saturated carbocycles. The fraction of sp³-hybridized carbons (Fsp3) is 0.300. The first-order valence-electron chi connectivity index (χ1n) is 8.67. The summed E-state index contributed by atoms with van der Waals surface area (Å²) in [4.78, 5) is 12.7. The SMILES string of the molecule is COc1ccc(CNC(=O)c2cc(C#N)ccc2N[C@@H](CN)CO)cc1OC. The number of nitrogens with two attached hydrogens (primary N) is 1. The van der Waals surface area contributed by atoms with Gasteiger partial charge in [-0.15, -0.1) is 0 Å². The Labute approximate surface area is 163 Å². The fourth-order valence-electron chi connectivity index (χ4n) is 2.59. The zero-order valence-electron chi connectivity index (χ0n) is 15.9. The van der Waals surface area contributed by atoms with Crippen LogP contribution in [-0.4, -0.2) is 44.4 Å². The second-order valence-electron chi connectivity index (χ2n) is 6.00. The Hall–Kier alpha value is -3.28. The zero-order valence-corrected chi connectivity index (χ0v) is 15.9. The number of aliphatic hydroxyl groups is 1. The number of aliphatic hydroxyl groups excluding tert-OH is 1. The van der Waals surface area contributed by atoms with Crippen molar-refractivity contribution >= 4 is 11.6 Å². The number of anilines is 1. The quantitative estimate of drug-likeness (QED) is 0.512. The molecule has 0 saturated heterocycles. The number of hydrogen-bond acceptors (Lipinski definition) is 7. The van der Waals surface area contributed by atoms with Gasteiger partial charge < -0.3 is 30.9 Å². The number of nitrogens with one attached hydrogen (secondary N) is 2. The molecule has 0 spiro atoms. The van der Waals surface area contributed by atoms with Gasteiger partial charge in [-0.2, -0.15) is 5.26 Å². The summed E-state index contributed by atoms with van der Waals surface area (Å²) in [6.07, 6.45) is 0. The van der Waals surface area contributed by atoms with E-state index in [0.29, 0.717) is 28.3 Å². The lowest BCUT2D eigenvalue weighted by Gasteiger charge is -2.18. The van der Waals surface area contributed by atoms with Crippen molar-refractivity contribution in [2.45, 2.75) is 12.6 Å². The molecule has 0 bridgehead atoms. The summed E-state index contributed by atoms with van der Waals surface area (Å²) in [5.74, 6) is 0.808.